The summed E-state index contributed by atoms with van der Waals surface area (Å²) >= 11 is 0. The van der Waals surface area contributed by atoms with Gasteiger partial charge in [0.05, 0.1) is 12.3 Å². The molecule has 0 saturated carbocycles. The number of nitrogens with zero attached hydrogens (tertiary/aromatic N) is 3. The van der Waals surface area contributed by atoms with Gasteiger partial charge < -0.3 is 0 Å². The van der Waals surface area contributed by atoms with Gasteiger partial charge in [0.2, 0.25) is 0 Å². The van der Waals surface area contributed by atoms with Crippen LogP contribution in [0.3, 0.4) is 0 Å². The predicted molar refractivity (Wildman–Crippen MR) is 42.5 cm³/mol. The van der Waals surface area contributed by atoms with Crippen molar-refractivity contribution in [3.8, 4) is 6.07 Å². The van der Waals surface area contributed by atoms with Crippen LogP contribution in [0, 0.1) is 11.3 Å². The van der Waals surface area contributed by atoms with Crippen molar-refractivity contribution in [3.63, 3.8) is 0 Å². The van der Waals surface area contributed by atoms with Crippen LogP contribution in [-0.4, -0.2) is 9.78 Å². The zero-order valence-corrected chi connectivity index (χ0v) is 6.36. The Balaban J connectivity index is 2.74. The van der Waals surface area contributed by atoms with Gasteiger partial charge in [-0.2, -0.15) is 10.4 Å². The molecule has 0 amide bonds. The molecule has 0 bridgehead atoms. The number of aryl methyl sites for hydroxylation is 1. The van der Waals surface area contributed by atoms with E-state index in [2.05, 4.69) is 5.10 Å². The molecule has 56 valence electrons. The van der Waals surface area contributed by atoms with Crippen molar-refractivity contribution in [2.75, 3.05) is 0 Å². The maximum atomic E-state index is 8.23. The highest BCUT2D eigenvalue weighted by Gasteiger charge is 1.90. The lowest BCUT2D eigenvalue weighted by Gasteiger charge is -1.88. The number of nitriles is 1. The van der Waals surface area contributed by atoms with Crippen LogP contribution in [0.15, 0.2) is 18.5 Å². The minimum atomic E-state index is 0.862. The average Bonchev–Trinajstić information content (AvgIpc) is 2.48. The fourth-order valence-corrected chi connectivity index (χ4v) is 0.772. The van der Waals surface area contributed by atoms with Crippen LogP contribution in [0.4, 0.5) is 0 Å². The second-order valence-electron chi connectivity index (χ2n) is 2.09. The highest BCUT2D eigenvalue weighted by Crippen LogP contribution is 1.99. The molecule has 0 N–H and O–H groups in total. The molecule has 1 heterocycles. The minimum absolute atomic E-state index is 0.862. The van der Waals surface area contributed by atoms with Crippen LogP contribution in [0.2, 0.25) is 0 Å². The van der Waals surface area contributed by atoms with Crippen molar-refractivity contribution >= 4 is 6.08 Å². The van der Waals surface area contributed by atoms with Gasteiger partial charge in [-0.1, -0.05) is 0 Å². The molecule has 11 heavy (non-hydrogen) atoms. The Morgan fingerprint density at radius 1 is 1.82 bits per heavy atom. The van der Waals surface area contributed by atoms with Gasteiger partial charge in [0.15, 0.2) is 0 Å². The molecule has 0 unspecified atom stereocenters. The van der Waals surface area contributed by atoms with Crippen LogP contribution in [0.5, 0.6) is 0 Å². The Bertz CT molecular complexity index is 291. The van der Waals surface area contributed by atoms with Gasteiger partial charge in [-0.15, -0.1) is 0 Å². The number of rotatable bonds is 2. The molecule has 0 atom stereocenters. The first-order chi connectivity index (χ1) is 5.36. The Kier molecular flexibility index (Phi) is 2.45. The molecule has 1 rings (SSSR count). The first-order valence-corrected chi connectivity index (χ1v) is 3.45. The van der Waals surface area contributed by atoms with Gasteiger partial charge in [0.1, 0.15) is 0 Å². The smallest absolute Gasteiger partial charge is 0.0912 e. The Morgan fingerprint density at radius 3 is 3.18 bits per heavy atom. The summed E-state index contributed by atoms with van der Waals surface area (Å²) in [5, 5.41) is 12.3. The molecule has 3 nitrogen and oxygen atoms in total. The summed E-state index contributed by atoms with van der Waals surface area (Å²) in [7, 11) is 0. The number of allylic oxidation sites excluding steroid dienone is 1. The molecule has 0 aromatic carbocycles. The summed E-state index contributed by atoms with van der Waals surface area (Å²) in [6.07, 6.45) is 6.81. The van der Waals surface area contributed by atoms with E-state index < -0.39 is 0 Å². The fourth-order valence-electron chi connectivity index (χ4n) is 0.772. The third kappa shape index (κ3) is 1.94. The van der Waals surface area contributed by atoms with E-state index in [0.29, 0.717) is 0 Å². The van der Waals surface area contributed by atoms with Gasteiger partial charge >= 0.3 is 0 Å². The van der Waals surface area contributed by atoms with Gasteiger partial charge in [-0.3, -0.25) is 4.68 Å². The standard InChI is InChI=1S/C8H9N3/c1-2-11-7-8(6-10-11)4-3-5-9/h3-4,6-7H,2H2,1H3. The van der Waals surface area contributed by atoms with Gasteiger partial charge in [-0.25, -0.2) is 0 Å². The third-order valence-corrected chi connectivity index (χ3v) is 1.33. The van der Waals surface area contributed by atoms with E-state index >= 15 is 0 Å². The first-order valence-electron chi connectivity index (χ1n) is 3.45. The van der Waals surface area contributed by atoms with Crippen LogP contribution in [0.25, 0.3) is 6.08 Å². The van der Waals surface area contributed by atoms with E-state index in [1.165, 1.54) is 6.08 Å². The Hall–Kier alpha value is -1.56. The summed E-state index contributed by atoms with van der Waals surface area (Å²) < 4.78 is 1.82. The van der Waals surface area contributed by atoms with Crippen molar-refractivity contribution in [3.05, 3.63) is 24.0 Å². The lowest BCUT2D eigenvalue weighted by molar-refractivity contribution is 0.660. The summed E-state index contributed by atoms with van der Waals surface area (Å²) in [5.74, 6) is 0. The Labute approximate surface area is 65.6 Å². The monoisotopic (exact) mass is 147 g/mol. The molecule has 1 aromatic rings. The number of hydrogen-bond donors (Lipinski definition) is 0. The summed E-state index contributed by atoms with van der Waals surface area (Å²) in [6, 6.07) is 1.93. The fraction of sp³-hybridized carbons (Fsp3) is 0.250. The summed E-state index contributed by atoms with van der Waals surface area (Å²) in [6.45, 7) is 2.88. The second-order valence-corrected chi connectivity index (χ2v) is 2.09. The van der Waals surface area contributed by atoms with E-state index in [1.54, 1.807) is 12.3 Å². The van der Waals surface area contributed by atoms with Crippen molar-refractivity contribution in [2.45, 2.75) is 13.5 Å². The topological polar surface area (TPSA) is 41.6 Å². The van der Waals surface area contributed by atoms with Crippen LogP contribution in [-0.2, 0) is 6.54 Å². The van der Waals surface area contributed by atoms with Crippen LogP contribution < -0.4 is 0 Å². The quantitative estimate of drug-likeness (QED) is 0.594. The van der Waals surface area contributed by atoms with Crippen molar-refractivity contribution < 1.29 is 0 Å². The Morgan fingerprint density at radius 2 is 2.64 bits per heavy atom. The molecular formula is C8H9N3. The SMILES string of the molecule is CCn1cc(C=CC#N)cn1. The second kappa shape index (κ2) is 3.57. The molecule has 0 fully saturated rings. The summed E-state index contributed by atoms with van der Waals surface area (Å²) in [4.78, 5) is 0. The van der Waals surface area contributed by atoms with E-state index in [4.69, 9.17) is 5.26 Å². The molecule has 0 radical (unpaired) electrons. The molecule has 0 spiro atoms. The normalized spacial score (nSPS) is 10.2. The number of aromatic nitrogens is 2. The van der Waals surface area contributed by atoms with Crippen molar-refractivity contribution in [1.82, 2.24) is 9.78 Å². The highest BCUT2D eigenvalue weighted by atomic mass is 15.3. The summed E-state index contributed by atoms with van der Waals surface area (Å²) in [5.41, 5.74) is 0.966. The molecule has 0 aliphatic carbocycles. The largest absolute Gasteiger partial charge is 0.272 e. The van der Waals surface area contributed by atoms with E-state index in [1.807, 2.05) is 23.9 Å². The lowest BCUT2D eigenvalue weighted by atomic mass is 10.3. The average molecular weight is 147 g/mol. The maximum absolute atomic E-state index is 8.23. The molecule has 3 heteroatoms. The van der Waals surface area contributed by atoms with E-state index in [-0.39, 0.29) is 0 Å². The molecular weight excluding hydrogens is 138 g/mol. The first kappa shape index (κ1) is 7.55. The van der Waals surface area contributed by atoms with Crippen molar-refractivity contribution in [2.24, 2.45) is 0 Å². The zero-order chi connectivity index (χ0) is 8.10. The molecule has 0 aliphatic rings. The van der Waals surface area contributed by atoms with Crippen molar-refractivity contribution in [1.29, 1.82) is 5.26 Å². The number of hydrogen-bond acceptors (Lipinski definition) is 2. The van der Waals surface area contributed by atoms with E-state index in [9.17, 15) is 0 Å². The lowest BCUT2D eigenvalue weighted by Crippen LogP contribution is -1.91. The molecule has 0 aliphatic heterocycles. The maximum Gasteiger partial charge on any atom is 0.0912 e. The van der Waals surface area contributed by atoms with Gasteiger partial charge in [-0.05, 0) is 13.0 Å². The zero-order valence-electron chi connectivity index (χ0n) is 6.36. The van der Waals surface area contributed by atoms with Gasteiger partial charge in [0.25, 0.3) is 0 Å². The van der Waals surface area contributed by atoms with E-state index in [0.717, 1.165) is 12.1 Å². The highest BCUT2D eigenvalue weighted by molar-refractivity contribution is 5.49. The van der Waals surface area contributed by atoms with Crippen LogP contribution >= 0.6 is 0 Å². The molecule has 1 aromatic heterocycles. The third-order valence-electron chi connectivity index (χ3n) is 1.33. The van der Waals surface area contributed by atoms with Gasteiger partial charge in [0, 0.05) is 24.4 Å². The predicted octanol–water partition coefficient (Wildman–Crippen LogP) is 1.44. The van der Waals surface area contributed by atoms with Crippen LogP contribution in [0.1, 0.15) is 12.5 Å². The molecule has 0 saturated heterocycles. The minimum Gasteiger partial charge on any atom is -0.272 e.